The highest BCUT2D eigenvalue weighted by atomic mass is 79.9. The van der Waals surface area contributed by atoms with Crippen molar-refractivity contribution in [1.29, 1.82) is 5.26 Å². The Labute approximate surface area is 213 Å². The summed E-state index contributed by atoms with van der Waals surface area (Å²) in [4.78, 5) is 38.1. The molecule has 0 saturated carbocycles. The van der Waals surface area contributed by atoms with Crippen LogP contribution in [0.2, 0.25) is 0 Å². The average molecular weight is 558 g/mol. The van der Waals surface area contributed by atoms with E-state index in [0.29, 0.717) is 47.3 Å². The lowest BCUT2D eigenvalue weighted by atomic mass is 10.1. The van der Waals surface area contributed by atoms with Crippen molar-refractivity contribution in [3.05, 3.63) is 5.69 Å². The Kier molecular flexibility index (Phi) is 9.42. The number of hydrogen-bond donors (Lipinski definition) is 1. The third-order valence-corrected chi connectivity index (χ3v) is 5.70. The second-order valence-electron chi connectivity index (χ2n) is 9.75. The summed E-state index contributed by atoms with van der Waals surface area (Å²) in [5.74, 6) is 0.520. The second-order valence-corrected chi connectivity index (χ2v) is 11.1. The molecule has 2 rings (SSSR count). The van der Waals surface area contributed by atoms with E-state index >= 15 is 0 Å². The molecule has 0 aromatic carbocycles. The highest BCUT2D eigenvalue weighted by Crippen LogP contribution is 2.33. The van der Waals surface area contributed by atoms with Crippen LogP contribution in [0.5, 0.6) is 0 Å². The van der Waals surface area contributed by atoms with Crippen molar-refractivity contribution in [3.63, 3.8) is 0 Å². The van der Waals surface area contributed by atoms with Gasteiger partial charge in [0.1, 0.15) is 16.9 Å². The monoisotopic (exact) mass is 556 g/mol. The number of carbonyl (C=O) groups excluding carboxylic acids is 2. The smallest absolute Gasteiger partial charge is 0.412 e. The van der Waals surface area contributed by atoms with E-state index in [1.165, 1.54) is 11.8 Å². The molecule has 1 aromatic heterocycles. The first-order valence-corrected chi connectivity index (χ1v) is 13.2. The number of rotatable bonds is 5. The standard InChI is InChI=1S/C22H33BrN6O4S/c1-21(2,3)32-19(30)26-16-15(12-23)25-18(34-7)27-17(16)28-10-11-29(14(13-28)8-9-24)20(31)33-22(4,5)6/h14H,8,10-13H2,1-7H3,(H,26,30). The highest BCUT2D eigenvalue weighted by molar-refractivity contribution is 9.08. The van der Waals surface area contributed by atoms with Crippen LogP contribution in [0, 0.1) is 11.3 Å². The zero-order valence-corrected chi connectivity index (χ0v) is 23.2. The van der Waals surface area contributed by atoms with Crippen LogP contribution in [0.3, 0.4) is 0 Å². The third kappa shape index (κ3) is 7.91. The lowest BCUT2D eigenvalue weighted by Crippen LogP contribution is -2.56. The summed E-state index contributed by atoms with van der Waals surface area (Å²) in [6, 6.07) is 1.76. The largest absolute Gasteiger partial charge is 0.444 e. The number of anilines is 2. The van der Waals surface area contributed by atoms with Crippen molar-refractivity contribution in [3.8, 4) is 6.07 Å². The number of nitriles is 1. The maximum atomic E-state index is 12.8. The van der Waals surface area contributed by atoms with Gasteiger partial charge in [0.15, 0.2) is 11.0 Å². The molecule has 1 aliphatic heterocycles. The maximum Gasteiger partial charge on any atom is 0.412 e. The topological polar surface area (TPSA) is 121 Å². The molecule has 0 spiro atoms. The molecule has 1 aliphatic rings. The number of carbonyl (C=O) groups is 2. The van der Waals surface area contributed by atoms with Crippen molar-refractivity contribution in [1.82, 2.24) is 14.9 Å². The molecule has 34 heavy (non-hydrogen) atoms. The number of amides is 2. The van der Waals surface area contributed by atoms with E-state index in [-0.39, 0.29) is 6.42 Å². The number of nitrogens with zero attached hydrogens (tertiary/aromatic N) is 5. The van der Waals surface area contributed by atoms with E-state index in [1.54, 1.807) is 25.7 Å². The van der Waals surface area contributed by atoms with Crippen LogP contribution in [-0.4, -0.2) is 70.2 Å². The fourth-order valence-electron chi connectivity index (χ4n) is 3.31. The number of thioether (sulfide) groups is 1. The summed E-state index contributed by atoms with van der Waals surface area (Å²) >= 11 is 4.84. The van der Waals surface area contributed by atoms with Crippen molar-refractivity contribution < 1.29 is 19.1 Å². The molecule has 0 bridgehead atoms. The van der Waals surface area contributed by atoms with Gasteiger partial charge in [0.2, 0.25) is 0 Å². The first-order chi connectivity index (χ1) is 15.8. The number of alkyl halides is 1. The van der Waals surface area contributed by atoms with Gasteiger partial charge in [-0.1, -0.05) is 27.7 Å². The summed E-state index contributed by atoms with van der Waals surface area (Å²) in [6.45, 7) is 11.9. The van der Waals surface area contributed by atoms with E-state index in [0.717, 1.165) is 0 Å². The number of hydrogen-bond acceptors (Lipinski definition) is 9. The minimum Gasteiger partial charge on any atom is -0.444 e. The van der Waals surface area contributed by atoms with E-state index < -0.39 is 29.4 Å². The Morgan fingerprint density at radius 3 is 2.35 bits per heavy atom. The molecule has 188 valence electrons. The molecule has 12 heteroatoms. The number of piperazine rings is 1. The van der Waals surface area contributed by atoms with Crippen LogP contribution in [0.4, 0.5) is 21.1 Å². The molecule has 0 radical (unpaired) electrons. The van der Waals surface area contributed by atoms with Gasteiger partial charge < -0.3 is 19.3 Å². The van der Waals surface area contributed by atoms with Gasteiger partial charge in [0, 0.05) is 25.0 Å². The lowest BCUT2D eigenvalue weighted by Gasteiger charge is -2.41. The van der Waals surface area contributed by atoms with Gasteiger partial charge in [0.25, 0.3) is 0 Å². The molecule has 2 amide bonds. The van der Waals surface area contributed by atoms with E-state index in [2.05, 4.69) is 37.3 Å². The van der Waals surface area contributed by atoms with Crippen LogP contribution in [0.25, 0.3) is 0 Å². The first kappa shape index (κ1) is 28.0. The Bertz CT molecular complexity index is 941. The molecular formula is C22H33BrN6O4S. The Hall–Kier alpha value is -2.26. The van der Waals surface area contributed by atoms with Crippen LogP contribution >= 0.6 is 27.7 Å². The molecule has 0 aliphatic carbocycles. The normalized spacial score (nSPS) is 16.6. The number of ether oxygens (including phenoxy) is 2. The van der Waals surface area contributed by atoms with Crippen molar-refractivity contribution in [2.75, 3.05) is 36.1 Å². The quantitative estimate of drug-likeness (QED) is 0.310. The van der Waals surface area contributed by atoms with Gasteiger partial charge in [-0.25, -0.2) is 19.6 Å². The maximum absolute atomic E-state index is 12.8. The van der Waals surface area contributed by atoms with Crippen LogP contribution in [-0.2, 0) is 14.8 Å². The fraction of sp³-hybridized carbons (Fsp3) is 0.682. The second kappa shape index (κ2) is 11.4. The third-order valence-electron chi connectivity index (χ3n) is 4.62. The number of aromatic nitrogens is 2. The molecule has 1 N–H and O–H groups in total. The summed E-state index contributed by atoms with van der Waals surface area (Å²) in [5.41, 5.74) is -0.270. The molecule has 1 atom stereocenters. The van der Waals surface area contributed by atoms with E-state index in [4.69, 9.17) is 9.47 Å². The van der Waals surface area contributed by atoms with Crippen molar-refractivity contribution >= 4 is 51.4 Å². The van der Waals surface area contributed by atoms with Gasteiger partial charge in [-0.2, -0.15) is 5.26 Å². The Morgan fingerprint density at radius 1 is 1.18 bits per heavy atom. The van der Waals surface area contributed by atoms with Gasteiger partial charge in [-0.15, -0.1) is 0 Å². The average Bonchev–Trinajstić information content (AvgIpc) is 2.71. The zero-order chi connectivity index (χ0) is 25.7. The number of halogens is 1. The lowest BCUT2D eigenvalue weighted by molar-refractivity contribution is 0.0145. The van der Waals surface area contributed by atoms with E-state index in [9.17, 15) is 14.9 Å². The van der Waals surface area contributed by atoms with Crippen LogP contribution in [0.15, 0.2) is 5.16 Å². The van der Waals surface area contributed by atoms with Crippen LogP contribution in [0.1, 0.15) is 53.7 Å². The van der Waals surface area contributed by atoms with Crippen molar-refractivity contribution in [2.24, 2.45) is 0 Å². The summed E-state index contributed by atoms with van der Waals surface area (Å²) in [7, 11) is 0. The summed E-state index contributed by atoms with van der Waals surface area (Å²) in [5, 5.41) is 13.1. The minimum absolute atomic E-state index is 0.135. The molecule has 1 fully saturated rings. The number of nitrogens with one attached hydrogen (secondary N) is 1. The van der Waals surface area contributed by atoms with Crippen molar-refractivity contribution in [2.45, 2.75) is 75.7 Å². The van der Waals surface area contributed by atoms with E-state index in [1.807, 2.05) is 31.9 Å². The molecular weight excluding hydrogens is 524 g/mol. The molecule has 2 heterocycles. The Morgan fingerprint density at radius 2 is 1.82 bits per heavy atom. The highest BCUT2D eigenvalue weighted by Gasteiger charge is 2.35. The fourth-order valence-corrected chi connectivity index (χ4v) is 4.10. The molecule has 1 unspecified atom stereocenters. The SMILES string of the molecule is CSc1nc(CBr)c(NC(=O)OC(C)(C)C)c(N2CCN(C(=O)OC(C)(C)C)C(CC#N)C2)n1. The van der Waals surface area contributed by atoms with Gasteiger partial charge >= 0.3 is 12.2 Å². The van der Waals surface area contributed by atoms with Crippen LogP contribution < -0.4 is 10.2 Å². The summed E-state index contributed by atoms with van der Waals surface area (Å²) in [6.07, 6.45) is 0.943. The summed E-state index contributed by atoms with van der Waals surface area (Å²) < 4.78 is 11.0. The zero-order valence-electron chi connectivity index (χ0n) is 20.8. The molecule has 10 nitrogen and oxygen atoms in total. The minimum atomic E-state index is -0.671. The first-order valence-electron chi connectivity index (χ1n) is 10.9. The Balaban J connectivity index is 2.40. The molecule has 1 saturated heterocycles. The van der Waals surface area contributed by atoms with Gasteiger partial charge in [-0.3, -0.25) is 5.32 Å². The predicted octanol–water partition coefficient (Wildman–Crippen LogP) is 4.78. The van der Waals surface area contributed by atoms with Gasteiger partial charge in [0.05, 0.1) is 24.2 Å². The van der Waals surface area contributed by atoms with Gasteiger partial charge in [-0.05, 0) is 47.8 Å². The predicted molar refractivity (Wildman–Crippen MR) is 135 cm³/mol. The molecule has 1 aromatic rings.